The number of hydrogen-bond donors (Lipinski definition) is 2. The molecule has 3 nitrogen and oxygen atoms in total. The molecule has 0 spiro atoms. The van der Waals surface area contributed by atoms with Crippen LogP contribution in [0.3, 0.4) is 0 Å². The Labute approximate surface area is 122 Å². The molecule has 1 heterocycles. The number of benzene rings is 1. The number of nitrogen functional groups attached to an aromatic ring is 1. The number of aromatic nitrogens is 1. The van der Waals surface area contributed by atoms with Crippen molar-refractivity contribution in [3.05, 3.63) is 52.2 Å². The molecule has 0 unspecified atom stereocenters. The molecule has 2 aromatic rings. The molecule has 0 amide bonds. The van der Waals surface area contributed by atoms with Crippen molar-refractivity contribution in [2.75, 3.05) is 5.73 Å². The molecular formula is C16H15ClN2O. The molecule has 0 fully saturated rings. The van der Waals surface area contributed by atoms with Crippen LogP contribution in [0.25, 0.3) is 11.3 Å². The van der Waals surface area contributed by atoms with Gasteiger partial charge in [-0.15, -0.1) is 0 Å². The van der Waals surface area contributed by atoms with Crippen LogP contribution in [0.4, 0.5) is 5.69 Å². The molecule has 0 radical (unpaired) electrons. The van der Waals surface area contributed by atoms with Crippen LogP contribution in [0.5, 0.6) is 0 Å². The number of allylic oxidation sites excluding steroid dienone is 2. The van der Waals surface area contributed by atoms with Gasteiger partial charge in [0.25, 0.3) is 0 Å². The summed E-state index contributed by atoms with van der Waals surface area (Å²) in [6.45, 7) is 1.92. The van der Waals surface area contributed by atoms with E-state index < -0.39 is 0 Å². The third kappa shape index (κ3) is 2.04. The number of ketones is 1. The smallest absolute Gasteiger partial charge is 0.168 e. The SMILES string of the molecule is Cc1[nH]c(-c2cc(N)ccc2Cl)c2c1C(=O)CC=CC2. The maximum absolute atomic E-state index is 12.2. The van der Waals surface area contributed by atoms with E-state index in [1.54, 1.807) is 12.1 Å². The van der Waals surface area contributed by atoms with Gasteiger partial charge in [0.2, 0.25) is 0 Å². The first-order valence-electron chi connectivity index (χ1n) is 6.53. The van der Waals surface area contributed by atoms with Crippen molar-refractivity contribution in [1.82, 2.24) is 4.98 Å². The van der Waals surface area contributed by atoms with Gasteiger partial charge in [-0.05, 0) is 37.1 Å². The van der Waals surface area contributed by atoms with Crippen molar-refractivity contribution in [3.63, 3.8) is 0 Å². The molecule has 0 aliphatic heterocycles. The number of nitrogens with one attached hydrogen (secondary N) is 1. The summed E-state index contributed by atoms with van der Waals surface area (Å²) in [5.41, 5.74) is 10.9. The van der Waals surface area contributed by atoms with Crippen molar-refractivity contribution in [2.45, 2.75) is 19.8 Å². The summed E-state index contributed by atoms with van der Waals surface area (Å²) in [6, 6.07) is 5.39. The molecule has 1 aromatic carbocycles. The number of halogens is 1. The van der Waals surface area contributed by atoms with Crippen LogP contribution in [-0.4, -0.2) is 10.8 Å². The molecule has 3 rings (SSSR count). The summed E-state index contributed by atoms with van der Waals surface area (Å²) in [7, 11) is 0. The minimum atomic E-state index is 0.147. The molecule has 0 saturated heterocycles. The zero-order valence-corrected chi connectivity index (χ0v) is 11.9. The largest absolute Gasteiger partial charge is 0.399 e. The van der Waals surface area contributed by atoms with Gasteiger partial charge < -0.3 is 10.7 Å². The minimum absolute atomic E-state index is 0.147. The molecule has 0 bridgehead atoms. The van der Waals surface area contributed by atoms with Crippen LogP contribution in [0, 0.1) is 6.92 Å². The average molecular weight is 287 g/mol. The van der Waals surface area contributed by atoms with E-state index in [1.165, 1.54) is 0 Å². The van der Waals surface area contributed by atoms with Gasteiger partial charge in [0.1, 0.15) is 0 Å². The van der Waals surface area contributed by atoms with E-state index in [0.717, 1.165) is 34.5 Å². The molecule has 0 atom stereocenters. The van der Waals surface area contributed by atoms with Gasteiger partial charge in [-0.3, -0.25) is 4.79 Å². The Morgan fingerprint density at radius 1 is 1.25 bits per heavy atom. The zero-order chi connectivity index (χ0) is 14.3. The summed E-state index contributed by atoms with van der Waals surface area (Å²) < 4.78 is 0. The van der Waals surface area contributed by atoms with Gasteiger partial charge in [-0.25, -0.2) is 0 Å². The first kappa shape index (κ1) is 13.0. The second kappa shape index (κ2) is 4.84. The molecule has 4 heteroatoms. The number of nitrogens with two attached hydrogens (primary N) is 1. The Hall–Kier alpha value is -2.00. The van der Waals surface area contributed by atoms with Crippen LogP contribution in [-0.2, 0) is 6.42 Å². The summed E-state index contributed by atoms with van der Waals surface area (Å²) in [5, 5.41) is 0.629. The van der Waals surface area contributed by atoms with Gasteiger partial charge >= 0.3 is 0 Å². The van der Waals surface area contributed by atoms with Crippen LogP contribution < -0.4 is 5.73 Å². The van der Waals surface area contributed by atoms with Crippen LogP contribution in [0.1, 0.15) is 28.0 Å². The lowest BCUT2D eigenvalue weighted by atomic mass is 9.99. The second-order valence-corrected chi connectivity index (χ2v) is 5.43. The molecule has 20 heavy (non-hydrogen) atoms. The van der Waals surface area contributed by atoms with Crippen LogP contribution in [0.2, 0.25) is 5.02 Å². The van der Waals surface area contributed by atoms with E-state index in [0.29, 0.717) is 17.1 Å². The van der Waals surface area contributed by atoms with Crippen molar-refractivity contribution in [1.29, 1.82) is 0 Å². The fraction of sp³-hybridized carbons (Fsp3) is 0.188. The van der Waals surface area contributed by atoms with E-state index in [-0.39, 0.29) is 5.78 Å². The Bertz CT molecular complexity index is 728. The lowest BCUT2D eigenvalue weighted by Gasteiger charge is -2.07. The normalized spacial score (nSPS) is 14.2. The van der Waals surface area contributed by atoms with Gasteiger partial charge in [-0.2, -0.15) is 0 Å². The number of rotatable bonds is 1. The average Bonchev–Trinajstić information content (AvgIpc) is 2.61. The Balaban J connectivity index is 2.25. The van der Waals surface area contributed by atoms with Gasteiger partial charge in [0.05, 0.1) is 10.7 Å². The number of fused-ring (bicyclic) bond motifs is 1. The van der Waals surface area contributed by atoms with Gasteiger partial charge in [0, 0.05) is 28.9 Å². The number of aromatic amines is 1. The topological polar surface area (TPSA) is 58.9 Å². The number of H-pyrrole nitrogens is 1. The third-order valence-electron chi connectivity index (χ3n) is 3.62. The third-order valence-corrected chi connectivity index (χ3v) is 3.95. The van der Waals surface area contributed by atoms with Crippen LogP contribution in [0.15, 0.2) is 30.4 Å². The predicted molar refractivity (Wildman–Crippen MR) is 82.2 cm³/mol. The van der Waals surface area contributed by atoms with Crippen molar-refractivity contribution in [3.8, 4) is 11.3 Å². The summed E-state index contributed by atoms with van der Waals surface area (Å²) in [6.07, 6.45) is 5.13. The van der Waals surface area contributed by atoms with E-state index in [1.807, 2.05) is 25.1 Å². The first-order valence-corrected chi connectivity index (χ1v) is 6.90. The Morgan fingerprint density at radius 3 is 2.80 bits per heavy atom. The summed E-state index contributed by atoms with van der Waals surface area (Å²) >= 11 is 6.28. The fourth-order valence-corrected chi connectivity index (χ4v) is 2.93. The lowest BCUT2D eigenvalue weighted by Crippen LogP contribution is -1.99. The highest BCUT2D eigenvalue weighted by Gasteiger charge is 2.22. The Morgan fingerprint density at radius 2 is 2.00 bits per heavy atom. The van der Waals surface area contributed by atoms with E-state index in [4.69, 9.17) is 17.3 Å². The van der Waals surface area contributed by atoms with E-state index >= 15 is 0 Å². The quantitative estimate of drug-likeness (QED) is 0.617. The fourth-order valence-electron chi connectivity index (χ4n) is 2.72. The number of carbonyl (C=O) groups excluding carboxylic acids is 1. The van der Waals surface area contributed by atoms with Crippen molar-refractivity contribution in [2.24, 2.45) is 0 Å². The number of Topliss-reactive ketones (excluding diaryl/α,β-unsaturated/α-hetero) is 1. The molecular weight excluding hydrogens is 272 g/mol. The second-order valence-electron chi connectivity index (χ2n) is 5.02. The van der Waals surface area contributed by atoms with Crippen LogP contribution >= 0.6 is 11.6 Å². The zero-order valence-electron chi connectivity index (χ0n) is 11.2. The monoisotopic (exact) mass is 286 g/mol. The molecule has 1 aliphatic rings. The Kier molecular flexibility index (Phi) is 3.14. The summed E-state index contributed by atoms with van der Waals surface area (Å²) in [5.74, 6) is 0.147. The lowest BCUT2D eigenvalue weighted by molar-refractivity contribution is 0.0995. The maximum atomic E-state index is 12.2. The minimum Gasteiger partial charge on any atom is -0.399 e. The predicted octanol–water partition coefficient (Wildman–Crippen LogP) is 3.91. The van der Waals surface area contributed by atoms with Crippen molar-refractivity contribution >= 4 is 23.1 Å². The molecule has 1 aliphatic carbocycles. The molecule has 1 aromatic heterocycles. The van der Waals surface area contributed by atoms with Crippen molar-refractivity contribution < 1.29 is 4.79 Å². The number of carbonyl (C=O) groups is 1. The number of aryl methyl sites for hydroxylation is 1. The van der Waals surface area contributed by atoms with Gasteiger partial charge in [-0.1, -0.05) is 23.8 Å². The maximum Gasteiger partial charge on any atom is 0.168 e. The molecule has 102 valence electrons. The molecule has 3 N–H and O–H groups in total. The first-order chi connectivity index (χ1) is 9.58. The summed E-state index contributed by atoms with van der Waals surface area (Å²) in [4.78, 5) is 15.5. The number of hydrogen-bond acceptors (Lipinski definition) is 2. The number of anilines is 1. The van der Waals surface area contributed by atoms with Gasteiger partial charge in [0.15, 0.2) is 5.78 Å². The standard InChI is InChI=1S/C16H15ClN2O/c1-9-15-11(4-2-3-5-14(15)20)16(19-9)12-8-10(18)6-7-13(12)17/h2-3,6-8,19H,4-5,18H2,1H3. The van der Waals surface area contributed by atoms with E-state index in [2.05, 4.69) is 4.98 Å². The highest BCUT2D eigenvalue weighted by Crippen LogP contribution is 2.35. The highest BCUT2D eigenvalue weighted by atomic mass is 35.5. The van der Waals surface area contributed by atoms with E-state index in [9.17, 15) is 4.79 Å². The molecule has 0 saturated carbocycles. The highest BCUT2D eigenvalue weighted by molar-refractivity contribution is 6.33.